The van der Waals surface area contributed by atoms with Crippen LogP contribution in [0.1, 0.15) is 18.5 Å². The van der Waals surface area contributed by atoms with Crippen LogP contribution in [0, 0.1) is 0 Å². The van der Waals surface area contributed by atoms with Gasteiger partial charge >= 0.3 is 6.09 Å². The van der Waals surface area contributed by atoms with Crippen LogP contribution in [0.5, 0.6) is 0 Å². The molecule has 1 atom stereocenters. The van der Waals surface area contributed by atoms with Crippen molar-refractivity contribution in [3.63, 3.8) is 0 Å². The molecular formula is C14H18N4O2. The molecule has 106 valence electrons. The molecule has 0 saturated heterocycles. The molecule has 0 fully saturated rings. The third kappa shape index (κ3) is 3.36. The first-order valence-electron chi connectivity index (χ1n) is 6.48. The summed E-state index contributed by atoms with van der Waals surface area (Å²) in [7, 11) is 0. The van der Waals surface area contributed by atoms with Crippen LogP contribution in [0.3, 0.4) is 0 Å². The minimum Gasteiger partial charge on any atom is -0.450 e. The first-order valence-corrected chi connectivity index (χ1v) is 6.48. The Morgan fingerprint density at radius 1 is 1.45 bits per heavy atom. The summed E-state index contributed by atoms with van der Waals surface area (Å²) >= 11 is 0. The Hall–Kier alpha value is -2.34. The van der Waals surface area contributed by atoms with Gasteiger partial charge in [-0.2, -0.15) is 5.10 Å². The predicted molar refractivity (Wildman–Crippen MR) is 75.5 cm³/mol. The number of carbonyl (C=O) groups is 1. The van der Waals surface area contributed by atoms with Crippen molar-refractivity contribution in [1.82, 2.24) is 15.1 Å². The van der Waals surface area contributed by atoms with E-state index in [4.69, 9.17) is 10.5 Å². The summed E-state index contributed by atoms with van der Waals surface area (Å²) in [4.78, 5) is 11.4. The minimum atomic E-state index is -0.476. The number of carbonyl (C=O) groups excluding carboxylic acids is 1. The maximum atomic E-state index is 11.4. The zero-order valence-corrected chi connectivity index (χ0v) is 11.3. The first-order chi connectivity index (χ1) is 9.74. The zero-order valence-electron chi connectivity index (χ0n) is 11.3. The van der Waals surface area contributed by atoms with Crippen LogP contribution in [0.2, 0.25) is 0 Å². The Balaban J connectivity index is 2.12. The number of ether oxygens (including phenoxy) is 1. The Bertz CT molecular complexity index is 553. The molecule has 3 N–H and O–H groups in total. The molecule has 1 heterocycles. The second-order valence-electron chi connectivity index (χ2n) is 4.21. The number of hydrogen-bond acceptors (Lipinski definition) is 4. The highest BCUT2D eigenvalue weighted by atomic mass is 16.5. The number of alkyl carbamates (subject to hydrolysis) is 1. The monoisotopic (exact) mass is 274 g/mol. The molecule has 0 radical (unpaired) electrons. The number of nitrogens with two attached hydrogens (primary N) is 1. The van der Waals surface area contributed by atoms with Crippen LogP contribution in [0.4, 0.5) is 4.79 Å². The maximum absolute atomic E-state index is 11.4. The summed E-state index contributed by atoms with van der Waals surface area (Å²) in [6, 6.07) is 9.41. The standard InChI is InChI=1S/C14H18N4O2/c1-2-20-14(19)17-13(8-15)11-9-16-18(10-11)12-6-4-3-5-7-12/h3-7,9-10,13H,2,8,15H2,1H3,(H,17,19). The van der Waals surface area contributed by atoms with Crippen LogP contribution < -0.4 is 11.1 Å². The summed E-state index contributed by atoms with van der Waals surface area (Å²) in [5.41, 5.74) is 7.48. The van der Waals surface area contributed by atoms with E-state index in [1.807, 2.05) is 36.5 Å². The van der Waals surface area contributed by atoms with Crippen molar-refractivity contribution in [3.05, 3.63) is 48.3 Å². The number of amides is 1. The SMILES string of the molecule is CCOC(=O)NC(CN)c1cnn(-c2ccccc2)c1. The van der Waals surface area contributed by atoms with E-state index in [-0.39, 0.29) is 12.6 Å². The van der Waals surface area contributed by atoms with E-state index in [0.717, 1.165) is 11.3 Å². The fourth-order valence-electron chi connectivity index (χ4n) is 1.83. The van der Waals surface area contributed by atoms with Gasteiger partial charge in [-0.1, -0.05) is 18.2 Å². The van der Waals surface area contributed by atoms with Gasteiger partial charge in [0.1, 0.15) is 0 Å². The highest BCUT2D eigenvalue weighted by Gasteiger charge is 2.15. The first kappa shape index (κ1) is 14.1. The average Bonchev–Trinajstić information content (AvgIpc) is 2.95. The van der Waals surface area contributed by atoms with Gasteiger partial charge in [-0.25, -0.2) is 9.48 Å². The Morgan fingerprint density at radius 2 is 2.20 bits per heavy atom. The lowest BCUT2D eigenvalue weighted by Crippen LogP contribution is -2.33. The molecule has 1 unspecified atom stereocenters. The van der Waals surface area contributed by atoms with E-state index in [9.17, 15) is 4.79 Å². The second kappa shape index (κ2) is 6.72. The normalized spacial score (nSPS) is 11.9. The van der Waals surface area contributed by atoms with Gasteiger partial charge in [0.05, 0.1) is 24.5 Å². The number of benzene rings is 1. The van der Waals surface area contributed by atoms with E-state index in [2.05, 4.69) is 10.4 Å². The number of para-hydroxylation sites is 1. The molecule has 2 rings (SSSR count). The molecule has 1 amide bonds. The molecule has 1 aromatic heterocycles. The van der Waals surface area contributed by atoms with Crippen molar-refractivity contribution in [2.24, 2.45) is 5.73 Å². The van der Waals surface area contributed by atoms with Gasteiger partial charge in [0, 0.05) is 18.3 Å². The van der Waals surface area contributed by atoms with E-state index < -0.39 is 6.09 Å². The van der Waals surface area contributed by atoms with Crippen molar-refractivity contribution in [1.29, 1.82) is 0 Å². The molecule has 0 aliphatic heterocycles. The lowest BCUT2D eigenvalue weighted by Gasteiger charge is -2.14. The third-order valence-corrected chi connectivity index (χ3v) is 2.83. The number of hydrogen-bond donors (Lipinski definition) is 2. The van der Waals surface area contributed by atoms with Gasteiger partial charge in [-0.15, -0.1) is 0 Å². The van der Waals surface area contributed by atoms with E-state index >= 15 is 0 Å². The molecule has 20 heavy (non-hydrogen) atoms. The van der Waals surface area contributed by atoms with Crippen LogP contribution in [0.25, 0.3) is 5.69 Å². The molecule has 0 spiro atoms. The zero-order chi connectivity index (χ0) is 14.4. The molecule has 0 bridgehead atoms. The van der Waals surface area contributed by atoms with Crippen LogP contribution in [-0.2, 0) is 4.74 Å². The van der Waals surface area contributed by atoms with Crippen molar-refractivity contribution in [2.75, 3.05) is 13.2 Å². The van der Waals surface area contributed by atoms with Crippen molar-refractivity contribution >= 4 is 6.09 Å². The molecule has 0 saturated carbocycles. The summed E-state index contributed by atoms with van der Waals surface area (Å²) in [5.74, 6) is 0. The molecule has 1 aromatic carbocycles. The van der Waals surface area contributed by atoms with Crippen molar-refractivity contribution in [3.8, 4) is 5.69 Å². The summed E-state index contributed by atoms with van der Waals surface area (Å²) in [6.45, 7) is 2.36. The fraction of sp³-hybridized carbons (Fsp3) is 0.286. The van der Waals surface area contributed by atoms with Crippen LogP contribution in [-0.4, -0.2) is 29.0 Å². The quantitative estimate of drug-likeness (QED) is 0.868. The van der Waals surface area contributed by atoms with Gasteiger partial charge in [0.25, 0.3) is 0 Å². The summed E-state index contributed by atoms with van der Waals surface area (Å²) in [5, 5.41) is 6.99. The predicted octanol–water partition coefficient (Wildman–Crippen LogP) is 1.62. The average molecular weight is 274 g/mol. The largest absolute Gasteiger partial charge is 0.450 e. The van der Waals surface area contributed by atoms with Crippen LogP contribution >= 0.6 is 0 Å². The Morgan fingerprint density at radius 3 is 2.85 bits per heavy atom. The van der Waals surface area contributed by atoms with E-state index in [0.29, 0.717) is 6.61 Å². The number of rotatable bonds is 5. The number of nitrogens with one attached hydrogen (secondary N) is 1. The molecular weight excluding hydrogens is 256 g/mol. The molecule has 6 nitrogen and oxygen atoms in total. The number of nitrogens with zero attached hydrogens (tertiary/aromatic N) is 2. The minimum absolute atomic E-state index is 0.277. The molecule has 2 aromatic rings. The van der Waals surface area contributed by atoms with Gasteiger partial charge in [-0.05, 0) is 19.1 Å². The lowest BCUT2D eigenvalue weighted by molar-refractivity contribution is 0.148. The highest BCUT2D eigenvalue weighted by Crippen LogP contribution is 2.14. The van der Waals surface area contributed by atoms with Gasteiger partial charge < -0.3 is 15.8 Å². The van der Waals surface area contributed by atoms with Gasteiger partial charge in [0.2, 0.25) is 0 Å². The number of aromatic nitrogens is 2. The molecule has 0 aliphatic carbocycles. The summed E-state index contributed by atoms with van der Waals surface area (Å²) in [6.07, 6.45) is 3.06. The molecule has 6 heteroatoms. The maximum Gasteiger partial charge on any atom is 0.407 e. The van der Waals surface area contributed by atoms with Gasteiger partial charge in [-0.3, -0.25) is 0 Å². The Labute approximate surface area is 117 Å². The summed E-state index contributed by atoms with van der Waals surface area (Å²) < 4.78 is 6.60. The van der Waals surface area contributed by atoms with Crippen LogP contribution in [0.15, 0.2) is 42.7 Å². The van der Waals surface area contributed by atoms with E-state index in [1.165, 1.54) is 0 Å². The van der Waals surface area contributed by atoms with Crippen molar-refractivity contribution in [2.45, 2.75) is 13.0 Å². The lowest BCUT2D eigenvalue weighted by atomic mass is 10.1. The smallest absolute Gasteiger partial charge is 0.407 e. The third-order valence-electron chi connectivity index (χ3n) is 2.83. The van der Waals surface area contributed by atoms with E-state index in [1.54, 1.807) is 17.8 Å². The van der Waals surface area contributed by atoms with Gasteiger partial charge in [0.15, 0.2) is 0 Å². The fourth-order valence-corrected chi connectivity index (χ4v) is 1.83. The Kier molecular flexibility index (Phi) is 4.73. The highest BCUT2D eigenvalue weighted by molar-refractivity contribution is 5.67. The topological polar surface area (TPSA) is 82.2 Å². The molecule has 0 aliphatic rings. The van der Waals surface area contributed by atoms with Crippen molar-refractivity contribution < 1.29 is 9.53 Å². The second-order valence-corrected chi connectivity index (χ2v) is 4.21.